The molecule has 2 atom stereocenters. The largest absolute Gasteiger partial charge is 0.383 e. The first kappa shape index (κ1) is 20.0. The molecule has 0 spiro atoms. The van der Waals surface area contributed by atoms with Crippen molar-refractivity contribution in [1.82, 2.24) is 9.88 Å². The van der Waals surface area contributed by atoms with Crippen molar-refractivity contribution >= 4 is 29.0 Å². The zero-order chi connectivity index (χ0) is 21.7. The molecule has 0 saturated carbocycles. The first-order chi connectivity index (χ1) is 15.6. The maximum Gasteiger partial charge on any atom is 0.245 e. The van der Waals surface area contributed by atoms with Crippen LogP contribution in [0, 0.1) is 0 Å². The van der Waals surface area contributed by atoms with E-state index in [0.29, 0.717) is 19.4 Å². The van der Waals surface area contributed by atoms with Gasteiger partial charge in [-0.15, -0.1) is 0 Å². The van der Waals surface area contributed by atoms with Gasteiger partial charge in [-0.1, -0.05) is 42.1 Å². The second kappa shape index (κ2) is 7.73. The molecule has 5 nitrogen and oxygen atoms in total. The highest BCUT2D eigenvalue weighted by molar-refractivity contribution is 7.99. The van der Waals surface area contributed by atoms with Crippen LogP contribution in [0.15, 0.2) is 82.7 Å². The molecule has 0 radical (unpaired) electrons. The van der Waals surface area contributed by atoms with Crippen LogP contribution in [0.1, 0.15) is 31.4 Å². The molecule has 1 aromatic heterocycles. The maximum atomic E-state index is 13.7. The number of carbonyl (C=O) groups excluding carboxylic acids is 1. The average molecular weight is 444 g/mol. The lowest BCUT2D eigenvalue weighted by Crippen LogP contribution is -2.53. The lowest BCUT2D eigenvalue weighted by molar-refractivity contribution is -0.123. The van der Waals surface area contributed by atoms with Gasteiger partial charge in [-0.05, 0) is 62.1 Å². The van der Waals surface area contributed by atoms with E-state index in [-0.39, 0.29) is 18.0 Å². The van der Waals surface area contributed by atoms with Gasteiger partial charge in [-0.2, -0.15) is 0 Å². The summed E-state index contributed by atoms with van der Waals surface area (Å²) in [7, 11) is 0. The van der Waals surface area contributed by atoms with Crippen LogP contribution in [0.4, 0.5) is 11.4 Å². The smallest absolute Gasteiger partial charge is 0.245 e. The quantitative estimate of drug-likeness (QED) is 0.635. The van der Waals surface area contributed by atoms with Gasteiger partial charge in [0, 0.05) is 28.1 Å². The maximum absolute atomic E-state index is 13.7. The Hall–Kier alpha value is -2.67. The fourth-order valence-corrected chi connectivity index (χ4v) is 6.68. The van der Waals surface area contributed by atoms with Crippen LogP contribution in [-0.2, 0) is 10.4 Å². The second-order valence-corrected chi connectivity index (χ2v) is 10.1. The number of pyridine rings is 1. The highest BCUT2D eigenvalue weighted by atomic mass is 32.2. The Morgan fingerprint density at radius 2 is 1.53 bits per heavy atom. The number of hydrogen-bond donors (Lipinski definition) is 1. The minimum Gasteiger partial charge on any atom is -0.383 e. The summed E-state index contributed by atoms with van der Waals surface area (Å²) in [5.41, 5.74) is 1.75. The van der Waals surface area contributed by atoms with Crippen molar-refractivity contribution in [3.8, 4) is 0 Å². The van der Waals surface area contributed by atoms with Gasteiger partial charge >= 0.3 is 0 Å². The Balaban J connectivity index is 1.27. The van der Waals surface area contributed by atoms with Crippen molar-refractivity contribution in [2.75, 3.05) is 11.4 Å². The molecule has 162 valence electrons. The van der Waals surface area contributed by atoms with E-state index in [0.717, 1.165) is 39.7 Å². The van der Waals surface area contributed by atoms with Crippen LogP contribution in [-0.4, -0.2) is 39.5 Å². The van der Waals surface area contributed by atoms with Gasteiger partial charge in [-0.3, -0.25) is 19.6 Å². The number of para-hydroxylation sites is 2. The standard InChI is InChI=1S/C26H25N3O2S/c30-25(29-20-7-1-3-9-22(20)32-23-10-4-2-8-21(23)29)17-28-18-12-13-19(28)16-26(31,15-18)24-11-5-6-14-27-24/h1-11,14,18-19,31H,12-13,15-17H2/t18-,19-/m1/s1. The molecular formula is C26H25N3O2S. The summed E-state index contributed by atoms with van der Waals surface area (Å²) in [4.78, 5) is 24.6. The predicted molar refractivity (Wildman–Crippen MR) is 125 cm³/mol. The van der Waals surface area contributed by atoms with Gasteiger partial charge in [-0.25, -0.2) is 0 Å². The second-order valence-electron chi connectivity index (χ2n) is 8.98. The Labute approximate surface area is 192 Å². The molecule has 32 heavy (non-hydrogen) atoms. The van der Waals surface area contributed by atoms with Crippen molar-refractivity contribution in [2.24, 2.45) is 0 Å². The van der Waals surface area contributed by atoms with E-state index in [2.05, 4.69) is 22.0 Å². The Morgan fingerprint density at radius 1 is 0.938 bits per heavy atom. The number of carbonyl (C=O) groups is 1. The normalized spacial score (nSPS) is 26.5. The Kier molecular flexibility index (Phi) is 4.82. The van der Waals surface area contributed by atoms with Gasteiger partial charge in [0.2, 0.25) is 5.91 Å². The van der Waals surface area contributed by atoms with Crippen molar-refractivity contribution < 1.29 is 9.90 Å². The van der Waals surface area contributed by atoms with Crippen LogP contribution < -0.4 is 4.90 Å². The van der Waals surface area contributed by atoms with Crippen molar-refractivity contribution in [3.63, 3.8) is 0 Å². The van der Waals surface area contributed by atoms with Crippen LogP contribution in [0.5, 0.6) is 0 Å². The van der Waals surface area contributed by atoms with Gasteiger partial charge < -0.3 is 5.11 Å². The van der Waals surface area contributed by atoms with Crippen LogP contribution in [0.3, 0.4) is 0 Å². The highest BCUT2D eigenvalue weighted by Crippen LogP contribution is 2.49. The third-order valence-corrected chi connectivity index (χ3v) is 8.19. The lowest BCUT2D eigenvalue weighted by Gasteiger charge is -2.44. The summed E-state index contributed by atoms with van der Waals surface area (Å²) in [5, 5.41) is 11.4. The van der Waals surface area contributed by atoms with Crippen LogP contribution in [0.2, 0.25) is 0 Å². The van der Waals surface area contributed by atoms with Crippen molar-refractivity contribution in [3.05, 3.63) is 78.6 Å². The zero-order valence-corrected chi connectivity index (χ0v) is 18.5. The van der Waals surface area contributed by atoms with E-state index >= 15 is 0 Å². The molecule has 2 aromatic carbocycles. The molecular weight excluding hydrogens is 418 g/mol. The summed E-state index contributed by atoms with van der Waals surface area (Å²) < 4.78 is 0. The topological polar surface area (TPSA) is 56.7 Å². The van der Waals surface area contributed by atoms with Gasteiger partial charge in [0.25, 0.3) is 0 Å². The number of aliphatic hydroxyl groups is 1. The van der Waals surface area contributed by atoms with E-state index in [1.54, 1.807) is 18.0 Å². The Morgan fingerprint density at radius 3 is 2.12 bits per heavy atom. The molecule has 3 aliphatic rings. The molecule has 2 fully saturated rings. The number of aromatic nitrogens is 1. The summed E-state index contributed by atoms with van der Waals surface area (Å²) >= 11 is 1.71. The molecule has 1 amide bonds. The molecule has 0 aliphatic carbocycles. The molecule has 1 N–H and O–H groups in total. The number of anilines is 2. The van der Waals surface area contributed by atoms with Crippen molar-refractivity contribution in [1.29, 1.82) is 0 Å². The monoisotopic (exact) mass is 443 g/mol. The van der Waals surface area contributed by atoms with E-state index < -0.39 is 5.60 Å². The highest BCUT2D eigenvalue weighted by Gasteiger charge is 2.49. The minimum absolute atomic E-state index is 0.0883. The van der Waals surface area contributed by atoms with Crippen molar-refractivity contribution in [2.45, 2.75) is 53.2 Å². The average Bonchev–Trinajstić information content (AvgIpc) is 3.06. The number of fused-ring (bicyclic) bond motifs is 4. The summed E-state index contributed by atoms with van der Waals surface area (Å²) in [6, 6.07) is 22.3. The minimum atomic E-state index is -0.909. The SMILES string of the molecule is O=C(CN1[C@@H]2CC[C@@H]1CC(O)(c1ccccn1)C2)N1c2ccccc2Sc2ccccc21. The molecule has 3 aromatic rings. The third kappa shape index (κ3) is 3.25. The van der Waals surface area contributed by atoms with E-state index in [1.807, 2.05) is 59.5 Å². The van der Waals surface area contributed by atoms with E-state index in [4.69, 9.17) is 0 Å². The molecule has 2 bridgehead atoms. The third-order valence-electron chi connectivity index (χ3n) is 7.06. The van der Waals surface area contributed by atoms with Gasteiger partial charge in [0.1, 0.15) is 5.60 Å². The molecule has 3 aliphatic heterocycles. The molecule has 4 heterocycles. The Bertz CT molecular complexity index is 1110. The van der Waals surface area contributed by atoms with Gasteiger partial charge in [0.15, 0.2) is 0 Å². The molecule has 0 unspecified atom stereocenters. The first-order valence-electron chi connectivity index (χ1n) is 11.2. The summed E-state index contributed by atoms with van der Waals surface area (Å²) in [5.74, 6) is 0.0883. The molecule has 2 saturated heterocycles. The number of rotatable bonds is 3. The number of piperidine rings is 1. The van der Waals surface area contributed by atoms with Crippen LogP contribution in [0.25, 0.3) is 0 Å². The fraction of sp³-hybridized carbons (Fsp3) is 0.308. The summed E-state index contributed by atoms with van der Waals surface area (Å²) in [6.45, 7) is 0.362. The fourth-order valence-electron chi connectivity index (χ4n) is 5.62. The molecule has 6 heteroatoms. The van der Waals surface area contributed by atoms with E-state index in [9.17, 15) is 9.90 Å². The summed E-state index contributed by atoms with van der Waals surface area (Å²) in [6.07, 6.45) is 5.01. The number of benzene rings is 2. The van der Waals surface area contributed by atoms with E-state index in [1.165, 1.54) is 0 Å². The number of hydrogen-bond acceptors (Lipinski definition) is 5. The van der Waals surface area contributed by atoms with Gasteiger partial charge in [0.05, 0.1) is 23.6 Å². The zero-order valence-electron chi connectivity index (χ0n) is 17.7. The lowest BCUT2D eigenvalue weighted by atomic mass is 9.83. The molecule has 6 rings (SSSR count). The first-order valence-corrected chi connectivity index (χ1v) is 12.0. The van der Waals surface area contributed by atoms with Crippen LogP contribution >= 0.6 is 11.8 Å². The predicted octanol–water partition coefficient (Wildman–Crippen LogP) is 4.73. The number of nitrogens with zero attached hydrogens (tertiary/aromatic N) is 3. The number of amides is 1.